The van der Waals surface area contributed by atoms with Crippen molar-refractivity contribution in [2.75, 3.05) is 19.8 Å². The number of rotatable bonds is 6. The van der Waals surface area contributed by atoms with Gasteiger partial charge in [0, 0.05) is 12.1 Å². The molecule has 0 saturated carbocycles. The van der Waals surface area contributed by atoms with Gasteiger partial charge in [0.05, 0.1) is 13.2 Å². The molecule has 0 heterocycles. The van der Waals surface area contributed by atoms with Crippen molar-refractivity contribution in [3.05, 3.63) is 34.9 Å². The van der Waals surface area contributed by atoms with E-state index in [2.05, 4.69) is 44.3 Å². The van der Waals surface area contributed by atoms with Gasteiger partial charge in [0.2, 0.25) is 0 Å². The van der Waals surface area contributed by atoms with Crippen LogP contribution in [-0.2, 0) is 24.0 Å². The number of benzene rings is 1. The molecule has 0 fully saturated rings. The molecule has 1 aliphatic rings. The molecule has 19 heavy (non-hydrogen) atoms. The number of ether oxygens (including phenoxy) is 1. The Morgan fingerprint density at radius 2 is 1.89 bits per heavy atom. The molecule has 1 aliphatic carbocycles. The molecular formula is C17H27NO. The van der Waals surface area contributed by atoms with E-state index in [1.807, 2.05) is 0 Å². The summed E-state index contributed by atoms with van der Waals surface area (Å²) >= 11 is 0. The summed E-state index contributed by atoms with van der Waals surface area (Å²) < 4.78 is 5.69. The van der Waals surface area contributed by atoms with Gasteiger partial charge in [-0.3, -0.25) is 0 Å². The van der Waals surface area contributed by atoms with Crippen LogP contribution in [0.15, 0.2) is 18.2 Å². The van der Waals surface area contributed by atoms with Gasteiger partial charge in [-0.1, -0.05) is 18.2 Å². The molecule has 1 aromatic rings. The molecule has 0 amide bonds. The lowest BCUT2D eigenvalue weighted by Gasteiger charge is -2.20. The number of nitrogens with one attached hydrogen (secondary N) is 1. The minimum absolute atomic E-state index is 0.184. The monoisotopic (exact) mass is 261 g/mol. The first kappa shape index (κ1) is 14.5. The number of fused-ring (bicyclic) bond motifs is 1. The van der Waals surface area contributed by atoms with E-state index in [9.17, 15) is 0 Å². The Morgan fingerprint density at radius 3 is 2.68 bits per heavy atom. The third-order valence-corrected chi connectivity index (χ3v) is 3.60. The zero-order valence-electron chi connectivity index (χ0n) is 12.6. The molecule has 2 rings (SSSR count). The van der Waals surface area contributed by atoms with Crippen molar-refractivity contribution in [3.8, 4) is 0 Å². The van der Waals surface area contributed by atoms with E-state index >= 15 is 0 Å². The smallest absolute Gasteiger partial charge is 0.0591 e. The zero-order valence-corrected chi connectivity index (χ0v) is 12.6. The summed E-state index contributed by atoms with van der Waals surface area (Å²) in [5.41, 5.74) is 4.72. The molecule has 0 aromatic heterocycles. The van der Waals surface area contributed by atoms with Crippen molar-refractivity contribution >= 4 is 0 Å². The molecule has 0 bridgehead atoms. The van der Waals surface area contributed by atoms with Crippen LogP contribution in [0.2, 0.25) is 0 Å². The minimum Gasteiger partial charge on any atom is -0.380 e. The molecule has 0 atom stereocenters. The van der Waals surface area contributed by atoms with Gasteiger partial charge in [-0.15, -0.1) is 0 Å². The molecule has 0 radical (unpaired) electrons. The van der Waals surface area contributed by atoms with E-state index < -0.39 is 0 Å². The average molecular weight is 261 g/mol. The molecule has 0 saturated heterocycles. The lowest BCUT2D eigenvalue weighted by molar-refractivity contribution is 0.133. The summed E-state index contributed by atoms with van der Waals surface area (Å²) in [7, 11) is 0. The van der Waals surface area contributed by atoms with Crippen LogP contribution < -0.4 is 5.32 Å². The third kappa shape index (κ3) is 4.96. The van der Waals surface area contributed by atoms with E-state index in [4.69, 9.17) is 4.74 Å². The average Bonchev–Trinajstić information content (AvgIpc) is 2.79. The topological polar surface area (TPSA) is 21.3 Å². The number of hydrogen-bond acceptors (Lipinski definition) is 2. The van der Waals surface area contributed by atoms with Crippen molar-refractivity contribution in [1.82, 2.24) is 5.32 Å². The molecule has 1 N–H and O–H groups in total. The molecule has 0 spiro atoms. The maximum Gasteiger partial charge on any atom is 0.0591 e. The van der Waals surface area contributed by atoms with Crippen LogP contribution in [-0.4, -0.2) is 25.3 Å². The van der Waals surface area contributed by atoms with Crippen molar-refractivity contribution in [2.45, 2.75) is 52.0 Å². The maximum absolute atomic E-state index is 5.69. The molecule has 2 heteroatoms. The normalized spacial score (nSPS) is 14.7. The van der Waals surface area contributed by atoms with Gasteiger partial charge in [0.25, 0.3) is 0 Å². The van der Waals surface area contributed by atoms with Gasteiger partial charge in [0.15, 0.2) is 0 Å². The van der Waals surface area contributed by atoms with Crippen molar-refractivity contribution < 1.29 is 4.74 Å². The second kappa shape index (κ2) is 6.53. The molecule has 1 aromatic carbocycles. The van der Waals surface area contributed by atoms with Crippen LogP contribution >= 0.6 is 0 Å². The second-order valence-electron chi connectivity index (χ2n) is 6.50. The number of hydrogen-bond donors (Lipinski definition) is 1. The summed E-state index contributed by atoms with van der Waals surface area (Å²) in [5.74, 6) is 0. The summed E-state index contributed by atoms with van der Waals surface area (Å²) in [4.78, 5) is 0. The highest BCUT2D eigenvalue weighted by molar-refractivity contribution is 5.35. The van der Waals surface area contributed by atoms with Crippen LogP contribution in [0, 0.1) is 0 Å². The standard InChI is InChI=1S/C17H27NO/c1-17(2,3)18-10-12-19-11-9-14-7-8-15-5-4-6-16(15)13-14/h7-8,13,18H,4-6,9-12H2,1-3H3. The van der Waals surface area contributed by atoms with Crippen LogP contribution in [0.3, 0.4) is 0 Å². The van der Waals surface area contributed by atoms with Gasteiger partial charge in [0.1, 0.15) is 0 Å². The summed E-state index contributed by atoms with van der Waals surface area (Å²) in [5, 5.41) is 3.43. The van der Waals surface area contributed by atoms with Gasteiger partial charge in [-0.2, -0.15) is 0 Å². The van der Waals surface area contributed by atoms with E-state index in [1.165, 1.54) is 24.8 Å². The Morgan fingerprint density at radius 1 is 1.11 bits per heavy atom. The van der Waals surface area contributed by atoms with E-state index in [0.29, 0.717) is 0 Å². The highest BCUT2D eigenvalue weighted by Gasteiger charge is 2.10. The van der Waals surface area contributed by atoms with E-state index in [-0.39, 0.29) is 5.54 Å². The zero-order chi connectivity index (χ0) is 13.7. The van der Waals surface area contributed by atoms with Crippen molar-refractivity contribution in [2.24, 2.45) is 0 Å². The van der Waals surface area contributed by atoms with Crippen molar-refractivity contribution in [1.29, 1.82) is 0 Å². The fourth-order valence-corrected chi connectivity index (χ4v) is 2.57. The highest BCUT2D eigenvalue weighted by Crippen LogP contribution is 2.22. The Kier molecular flexibility index (Phi) is 5.00. The fraction of sp³-hybridized carbons (Fsp3) is 0.647. The lowest BCUT2D eigenvalue weighted by Crippen LogP contribution is -2.38. The second-order valence-corrected chi connectivity index (χ2v) is 6.50. The Hall–Kier alpha value is -0.860. The first-order chi connectivity index (χ1) is 9.04. The molecule has 106 valence electrons. The molecule has 0 aliphatic heterocycles. The van der Waals surface area contributed by atoms with Crippen LogP contribution in [0.25, 0.3) is 0 Å². The minimum atomic E-state index is 0.184. The third-order valence-electron chi connectivity index (χ3n) is 3.60. The predicted octanol–water partition coefficient (Wildman–Crippen LogP) is 3.12. The molecule has 0 unspecified atom stereocenters. The Bertz CT molecular complexity index is 406. The predicted molar refractivity (Wildman–Crippen MR) is 80.7 cm³/mol. The first-order valence-electron chi connectivity index (χ1n) is 7.48. The first-order valence-corrected chi connectivity index (χ1v) is 7.48. The SMILES string of the molecule is CC(C)(C)NCCOCCc1ccc2c(c1)CCC2. The number of aryl methyl sites for hydroxylation is 2. The van der Waals surface area contributed by atoms with E-state index in [1.54, 1.807) is 11.1 Å². The van der Waals surface area contributed by atoms with E-state index in [0.717, 1.165) is 26.2 Å². The lowest BCUT2D eigenvalue weighted by atomic mass is 10.0. The maximum atomic E-state index is 5.69. The Balaban J connectivity index is 1.63. The summed E-state index contributed by atoms with van der Waals surface area (Å²) in [6.07, 6.45) is 4.89. The van der Waals surface area contributed by atoms with Crippen molar-refractivity contribution in [3.63, 3.8) is 0 Å². The summed E-state index contributed by atoms with van der Waals surface area (Å²) in [6.45, 7) is 9.08. The quantitative estimate of drug-likeness (QED) is 0.794. The van der Waals surface area contributed by atoms with Gasteiger partial charge >= 0.3 is 0 Å². The van der Waals surface area contributed by atoms with Gasteiger partial charge in [-0.25, -0.2) is 0 Å². The summed E-state index contributed by atoms with van der Waals surface area (Å²) in [6, 6.07) is 6.94. The Labute approximate surface area is 117 Å². The molecular weight excluding hydrogens is 234 g/mol. The van der Waals surface area contributed by atoms with Gasteiger partial charge < -0.3 is 10.1 Å². The van der Waals surface area contributed by atoms with Crippen LogP contribution in [0.4, 0.5) is 0 Å². The largest absolute Gasteiger partial charge is 0.380 e. The van der Waals surface area contributed by atoms with Crippen LogP contribution in [0.5, 0.6) is 0 Å². The van der Waals surface area contributed by atoms with Crippen LogP contribution in [0.1, 0.15) is 43.9 Å². The fourth-order valence-electron chi connectivity index (χ4n) is 2.57. The highest BCUT2D eigenvalue weighted by atomic mass is 16.5. The van der Waals surface area contributed by atoms with Gasteiger partial charge in [-0.05, 0) is 63.1 Å². The molecule has 2 nitrogen and oxygen atoms in total.